The summed E-state index contributed by atoms with van der Waals surface area (Å²) in [6.07, 6.45) is 7.11. The van der Waals surface area contributed by atoms with Crippen molar-refractivity contribution in [1.29, 1.82) is 0 Å². The van der Waals surface area contributed by atoms with Gasteiger partial charge in [-0.2, -0.15) is 0 Å². The maximum absolute atomic E-state index is 5.05. The van der Waals surface area contributed by atoms with Crippen LogP contribution in [0.15, 0.2) is 195 Å². The van der Waals surface area contributed by atoms with Crippen molar-refractivity contribution in [2.24, 2.45) is 15.0 Å². The van der Waals surface area contributed by atoms with Crippen LogP contribution < -0.4 is 15.1 Å². The van der Waals surface area contributed by atoms with Crippen molar-refractivity contribution in [2.45, 2.75) is 49.4 Å². The topological polar surface area (TPSA) is 65.3 Å². The maximum atomic E-state index is 5.05. The van der Waals surface area contributed by atoms with Crippen molar-refractivity contribution in [3.8, 4) is 44.5 Å². The van der Waals surface area contributed by atoms with E-state index in [1.165, 1.54) is 126 Å². The molecule has 10 heteroatoms. The molecule has 0 aromatic heterocycles. The molecule has 1 N–H and O–H groups in total. The fraction of sp³-hybridized carbons (Fsp3) is 0.282. The monoisotopic (exact) mass is 1120 g/mol. The van der Waals surface area contributed by atoms with Crippen molar-refractivity contribution in [3.63, 3.8) is 0 Å². The van der Waals surface area contributed by atoms with Gasteiger partial charge in [-0.25, -0.2) is 0 Å². The molecule has 6 aliphatic heterocycles. The van der Waals surface area contributed by atoms with E-state index in [4.69, 9.17) is 9.98 Å². The normalized spacial score (nSPS) is 19.2. The number of aliphatic imine (C=N–C) groups is 3. The van der Waals surface area contributed by atoms with E-state index in [1.54, 1.807) is 0 Å². The first kappa shape index (κ1) is 48.9. The molecule has 0 unspecified atom stereocenters. The van der Waals surface area contributed by atoms with Gasteiger partial charge in [0.2, 0.25) is 11.9 Å². The summed E-state index contributed by atoms with van der Waals surface area (Å²) in [6, 6.07) is 66.2. The summed E-state index contributed by atoms with van der Waals surface area (Å²) in [5, 5.41) is 3.30. The Balaban J connectivity index is 0.000000125. The molecule has 81 heavy (non-hydrogen) atoms. The van der Waals surface area contributed by atoms with Crippen molar-refractivity contribution in [2.75, 3.05) is 88.3 Å². The molecular formula is C71H66BrN9. The summed E-state index contributed by atoms with van der Waals surface area (Å²) >= 11 is 3.72. The van der Waals surface area contributed by atoms with Gasteiger partial charge in [-0.15, -0.1) is 0 Å². The molecule has 6 heterocycles. The smallest absolute Gasteiger partial charge is 0.201 e. The first-order chi connectivity index (χ1) is 40.1. The van der Waals surface area contributed by atoms with Gasteiger partial charge in [0.1, 0.15) is 0 Å². The second-order valence-electron chi connectivity index (χ2n) is 23.3. The zero-order chi connectivity index (χ0) is 53.7. The predicted molar refractivity (Wildman–Crippen MR) is 335 cm³/mol. The number of anilines is 2. The first-order valence-electron chi connectivity index (χ1n) is 29.9. The van der Waals surface area contributed by atoms with E-state index in [9.17, 15) is 0 Å². The van der Waals surface area contributed by atoms with Crippen LogP contribution in [0.4, 0.5) is 11.4 Å². The van der Waals surface area contributed by atoms with Gasteiger partial charge < -0.3 is 29.8 Å². The van der Waals surface area contributed by atoms with E-state index in [-0.39, 0.29) is 10.8 Å². The summed E-state index contributed by atoms with van der Waals surface area (Å²) in [4.78, 5) is 26.8. The third kappa shape index (κ3) is 7.44. The Morgan fingerprint density at radius 2 is 0.691 bits per heavy atom. The number of fused-ring (bicyclic) bond motifs is 23. The summed E-state index contributed by atoms with van der Waals surface area (Å²) in [6.45, 7) is 12.8. The number of benzene rings is 8. The minimum Gasteiger partial charge on any atom is -0.356 e. The van der Waals surface area contributed by atoms with Gasteiger partial charge in [0, 0.05) is 94.4 Å². The van der Waals surface area contributed by atoms with Crippen LogP contribution in [0.25, 0.3) is 44.5 Å². The fourth-order valence-corrected chi connectivity index (χ4v) is 16.1. The molecule has 10 aliphatic rings. The van der Waals surface area contributed by atoms with Crippen LogP contribution in [-0.2, 0) is 10.8 Å². The van der Waals surface area contributed by atoms with Gasteiger partial charge >= 0.3 is 0 Å². The Hall–Kier alpha value is -7.95. The highest BCUT2D eigenvalue weighted by Crippen LogP contribution is 2.65. The van der Waals surface area contributed by atoms with Crippen molar-refractivity contribution in [1.82, 2.24) is 20.0 Å². The third-order valence-corrected chi connectivity index (χ3v) is 19.5. The zero-order valence-electron chi connectivity index (χ0n) is 45.9. The van der Waals surface area contributed by atoms with Crippen LogP contribution in [0.3, 0.4) is 0 Å². The number of guanidine groups is 3. The second-order valence-corrected chi connectivity index (χ2v) is 24.2. The number of nitrogens with zero attached hydrogens (tertiary/aromatic N) is 8. The highest BCUT2D eigenvalue weighted by molar-refractivity contribution is 9.10. The van der Waals surface area contributed by atoms with Crippen LogP contribution in [-0.4, -0.2) is 111 Å². The lowest BCUT2D eigenvalue weighted by molar-refractivity contribution is 0.346. The minimum absolute atomic E-state index is 0.219. The van der Waals surface area contributed by atoms with Crippen molar-refractivity contribution in [3.05, 3.63) is 225 Å². The average Bonchev–Trinajstić information content (AvgIpc) is 3.48. The third-order valence-electron chi connectivity index (χ3n) is 19.0. The molecular weight excluding hydrogens is 1060 g/mol. The Bertz CT molecular complexity index is 3730. The largest absolute Gasteiger partial charge is 0.356 e. The number of hydrogen-bond acceptors (Lipinski definition) is 9. The number of halogens is 1. The van der Waals surface area contributed by atoms with Gasteiger partial charge in [-0.3, -0.25) is 15.0 Å². The molecule has 0 atom stereocenters. The standard InChI is InChI=1S/C39H38N6.C25H15Br.C7H13N3/c1-3-11-33-29(9-1)30-10-2-4-12-34(30)39(33)35-25-27(44-23-7-21-42-19-5-17-40-37(42)44)13-15-31(35)32-16-14-28(26-36(32)39)45-24-8-22-43-20-6-18-41-38(43)45;26-16-13-14-20-19-9-3-6-12-23(19)25(24(20)15-16)21-10-4-1-7-17(21)18-8-2-5-11-22(18)25;1-3-8-7-9-4-2-6-10(7)5-1/h1-4,9-16,25-26H,5-8,17-24H2;1-15H;1-6H2,(H,8,9). The van der Waals surface area contributed by atoms with Crippen molar-refractivity contribution >= 4 is 45.2 Å². The molecule has 8 aromatic rings. The summed E-state index contributed by atoms with van der Waals surface area (Å²) in [5.74, 6) is 3.46. The van der Waals surface area contributed by atoms with Gasteiger partial charge in [0.15, 0.2) is 5.96 Å². The highest BCUT2D eigenvalue weighted by atomic mass is 79.9. The lowest BCUT2D eigenvalue weighted by atomic mass is 9.70. The van der Waals surface area contributed by atoms with E-state index in [2.05, 4.69) is 227 Å². The Kier molecular flexibility index (Phi) is 11.9. The quantitative estimate of drug-likeness (QED) is 0.186. The Morgan fingerprint density at radius 3 is 1.15 bits per heavy atom. The van der Waals surface area contributed by atoms with Crippen LogP contribution in [0, 0.1) is 0 Å². The molecule has 402 valence electrons. The molecule has 2 spiro atoms. The number of hydrogen-bond donors (Lipinski definition) is 1. The molecule has 4 aliphatic carbocycles. The van der Waals surface area contributed by atoms with E-state index in [0.29, 0.717) is 0 Å². The molecule has 0 radical (unpaired) electrons. The number of rotatable bonds is 2. The van der Waals surface area contributed by atoms with Gasteiger partial charge in [-0.1, -0.05) is 155 Å². The van der Waals surface area contributed by atoms with Gasteiger partial charge in [0.25, 0.3) is 0 Å². The molecule has 3 fully saturated rings. The van der Waals surface area contributed by atoms with Crippen LogP contribution in [0.2, 0.25) is 0 Å². The Morgan fingerprint density at radius 1 is 0.333 bits per heavy atom. The van der Waals surface area contributed by atoms with Crippen LogP contribution in [0.5, 0.6) is 0 Å². The second kappa shape index (κ2) is 19.7. The molecule has 18 rings (SSSR count). The SMILES string of the molecule is Brc1ccc2c(c1)C1(c3ccccc3-c3ccccc31)c1ccccc1-2.C1CN=C2NCCCN2C1.c1ccc2c(c1)-c1ccccc1C21c2cc(N3CCCN4CCCN=C43)ccc2-c2ccc(N3CCCN4CCCN=C43)cc21. The predicted octanol–water partition coefficient (Wildman–Crippen LogP) is 13.4. The van der Waals surface area contributed by atoms with Crippen LogP contribution >= 0.6 is 15.9 Å². The lowest BCUT2D eigenvalue weighted by Gasteiger charge is -2.41. The zero-order valence-corrected chi connectivity index (χ0v) is 47.5. The Labute approximate surface area is 484 Å². The highest BCUT2D eigenvalue weighted by Gasteiger charge is 2.53. The number of nitrogens with one attached hydrogen (secondary N) is 1. The van der Waals surface area contributed by atoms with E-state index in [0.717, 1.165) is 113 Å². The molecule has 0 saturated carbocycles. The average molecular weight is 1130 g/mol. The molecule has 3 saturated heterocycles. The minimum atomic E-state index is -0.377. The molecule has 8 aromatic carbocycles. The van der Waals surface area contributed by atoms with E-state index < -0.39 is 0 Å². The fourth-order valence-electron chi connectivity index (χ4n) is 15.8. The van der Waals surface area contributed by atoms with E-state index in [1.807, 2.05) is 0 Å². The summed E-state index contributed by atoms with van der Waals surface area (Å²) in [7, 11) is 0. The van der Waals surface area contributed by atoms with E-state index >= 15 is 0 Å². The van der Waals surface area contributed by atoms with Gasteiger partial charge in [-0.05, 0) is 164 Å². The van der Waals surface area contributed by atoms with Gasteiger partial charge in [0.05, 0.1) is 10.8 Å². The van der Waals surface area contributed by atoms with Crippen molar-refractivity contribution < 1.29 is 0 Å². The summed E-state index contributed by atoms with van der Waals surface area (Å²) in [5.41, 5.74) is 23.9. The summed E-state index contributed by atoms with van der Waals surface area (Å²) < 4.78 is 1.13. The molecule has 9 nitrogen and oxygen atoms in total. The first-order valence-corrected chi connectivity index (χ1v) is 30.7. The molecule has 0 amide bonds. The van der Waals surface area contributed by atoms with Crippen LogP contribution in [0.1, 0.15) is 83.0 Å². The molecule has 0 bridgehead atoms. The lowest BCUT2D eigenvalue weighted by Crippen LogP contribution is -2.52. The maximum Gasteiger partial charge on any atom is 0.201 e.